The smallest absolute Gasteiger partial charge is 0.0726 e. The van der Waals surface area contributed by atoms with E-state index in [2.05, 4.69) is 132 Å². The zero-order chi connectivity index (χ0) is 26.2. The highest BCUT2D eigenvalue weighted by molar-refractivity contribution is 7.27. The Hall–Kier alpha value is -4.99. The third kappa shape index (κ3) is 3.01. The van der Waals surface area contributed by atoms with Crippen molar-refractivity contribution in [1.29, 1.82) is 0 Å². The Morgan fingerprint density at radius 3 is 2.02 bits per heavy atom. The van der Waals surface area contributed by atoms with E-state index in [1.807, 2.05) is 17.5 Å². The standard InChI is InChI=1S/C37H22N2S/c1-2-10-25-22-38-31(21-24(25)9-1)23-17-19-26(20-18-23)39-32-15-7-5-13-29(32)34-27-11-3-4-12-28(27)35-30-14-6-8-16-33(30)40-37(35)36(34)39/h1-22H. The van der Waals surface area contributed by atoms with Crippen molar-refractivity contribution in [3.05, 3.63) is 134 Å². The van der Waals surface area contributed by atoms with E-state index in [9.17, 15) is 0 Å². The number of fused-ring (bicyclic) bond motifs is 11. The zero-order valence-corrected chi connectivity index (χ0v) is 22.3. The Balaban J connectivity index is 1.37. The molecule has 40 heavy (non-hydrogen) atoms. The van der Waals surface area contributed by atoms with Crippen molar-refractivity contribution >= 4 is 74.9 Å². The minimum atomic E-state index is 0.991. The molecular formula is C37H22N2S. The van der Waals surface area contributed by atoms with Crippen molar-refractivity contribution in [3.8, 4) is 16.9 Å². The molecule has 0 unspecified atom stereocenters. The maximum atomic E-state index is 4.76. The molecule has 3 aromatic heterocycles. The number of hydrogen-bond acceptors (Lipinski definition) is 2. The number of aromatic nitrogens is 2. The molecule has 2 nitrogen and oxygen atoms in total. The van der Waals surface area contributed by atoms with Crippen LogP contribution >= 0.6 is 11.3 Å². The summed E-state index contributed by atoms with van der Waals surface area (Å²) in [6.45, 7) is 0. The van der Waals surface area contributed by atoms with E-state index in [-0.39, 0.29) is 0 Å². The van der Waals surface area contributed by atoms with E-state index in [4.69, 9.17) is 4.98 Å². The van der Waals surface area contributed by atoms with E-state index < -0.39 is 0 Å². The van der Waals surface area contributed by atoms with Crippen LogP contribution in [-0.2, 0) is 0 Å². The molecule has 0 spiro atoms. The molecule has 0 aliphatic carbocycles. The number of benzene rings is 6. The summed E-state index contributed by atoms with van der Waals surface area (Å²) in [5.41, 5.74) is 5.78. The second-order valence-electron chi connectivity index (χ2n) is 10.4. The fourth-order valence-corrected chi connectivity index (χ4v) is 7.68. The molecule has 0 N–H and O–H groups in total. The molecule has 9 aromatic rings. The summed E-state index contributed by atoms with van der Waals surface area (Å²) in [5, 5.41) is 10.3. The number of nitrogens with zero attached hydrogens (tertiary/aromatic N) is 2. The van der Waals surface area contributed by atoms with Gasteiger partial charge in [-0.2, -0.15) is 0 Å². The summed E-state index contributed by atoms with van der Waals surface area (Å²) in [6, 6.07) is 46.0. The third-order valence-corrected chi connectivity index (χ3v) is 9.38. The van der Waals surface area contributed by atoms with Gasteiger partial charge >= 0.3 is 0 Å². The molecule has 3 heteroatoms. The normalized spacial score (nSPS) is 12.0. The van der Waals surface area contributed by atoms with Gasteiger partial charge < -0.3 is 4.57 Å². The van der Waals surface area contributed by atoms with Crippen LogP contribution in [0.25, 0.3) is 80.5 Å². The van der Waals surface area contributed by atoms with E-state index in [1.165, 1.54) is 58.1 Å². The fourth-order valence-electron chi connectivity index (χ4n) is 6.42. The van der Waals surface area contributed by atoms with Gasteiger partial charge in [-0.3, -0.25) is 4.98 Å². The Kier molecular flexibility index (Phi) is 4.52. The summed E-state index contributed by atoms with van der Waals surface area (Å²) in [6.07, 6.45) is 1.97. The summed E-state index contributed by atoms with van der Waals surface area (Å²) >= 11 is 1.90. The van der Waals surface area contributed by atoms with Crippen molar-refractivity contribution < 1.29 is 0 Å². The summed E-state index contributed by atoms with van der Waals surface area (Å²) < 4.78 is 5.13. The van der Waals surface area contributed by atoms with Crippen LogP contribution in [0.15, 0.2) is 134 Å². The van der Waals surface area contributed by atoms with E-state index >= 15 is 0 Å². The average molecular weight is 527 g/mol. The highest BCUT2D eigenvalue weighted by Crippen LogP contribution is 2.47. The predicted octanol–water partition coefficient (Wildman–Crippen LogP) is 10.5. The van der Waals surface area contributed by atoms with Crippen LogP contribution in [0, 0.1) is 0 Å². The number of pyridine rings is 1. The second kappa shape index (κ2) is 8.25. The lowest BCUT2D eigenvalue weighted by Gasteiger charge is -2.11. The van der Waals surface area contributed by atoms with Gasteiger partial charge in [0.2, 0.25) is 0 Å². The van der Waals surface area contributed by atoms with Gasteiger partial charge in [0, 0.05) is 49.1 Å². The first-order valence-electron chi connectivity index (χ1n) is 13.6. The molecule has 0 atom stereocenters. The maximum Gasteiger partial charge on any atom is 0.0726 e. The lowest BCUT2D eigenvalue weighted by Crippen LogP contribution is -1.94. The molecule has 9 rings (SSSR count). The summed E-state index contributed by atoms with van der Waals surface area (Å²) in [5.74, 6) is 0. The van der Waals surface area contributed by atoms with Gasteiger partial charge in [0.15, 0.2) is 0 Å². The van der Waals surface area contributed by atoms with Crippen molar-refractivity contribution in [3.63, 3.8) is 0 Å². The number of rotatable bonds is 2. The lowest BCUT2D eigenvalue weighted by molar-refractivity contribution is 1.19. The van der Waals surface area contributed by atoms with Crippen molar-refractivity contribution in [1.82, 2.24) is 9.55 Å². The first kappa shape index (κ1) is 21.9. The van der Waals surface area contributed by atoms with Gasteiger partial charge in [0.05, 0.1) is 21.4 Å². The van der Waals surface area contributed by atoms with E-state index in [0.29, 0.717) is 0 Å². The maximum absolute atomic E-state index is 4.76. The Morgan fingerprint density at radius 1 is 0.550 bits per heavy atom. The SMILES string of the molecule is c1ccc2cc(-c3ccc(-n4c5ccccc5c5c6ccccc6c6c7ccccc7sc6c54)cc3)ncc2c1. The Bertz CT molecular complexity index is 2430. The van der Waals surface area contributed by atoms with Crippen LogP contribution in [0.4, 0.5) is 0 Å². The molecule has 0 saturated heterocycles. The molecule has 0 aliphatic heterocycles. The van der Waals surface area contributed by atoms with Gasteiger partial charge in [0.1, 0.15) is 0 Å². The predicted molar refractivity (Wildman–Crippen MR) is 172 cm³/mol. The monoisotopic (exact) mass is 526 g/mol. The molecule has 0 amide bonds. The fraction of sp³-hybridized carbons (Fsp3) is 0. The van der Waals surface area contributed by atoms with E-state index in [0.717, 1.165) is 22.3 Å². The number of hydrogen-bond donors (Lipinski definition) is 0. The second-order valence-corrected chi connectivity index (χ2v) is 11.4. The molecule has 0 aliphatic rings. The third-order valence-electron chi connectivity index (χ3n) is 8.20. The van der Waals surface area contributed by atoms with Gasteiger partial charge in [-0.25, -0.2) is 0 Å². The van der Waals surface area contributed by atoms with Crippen LogP contribution in [0.3, 0.4) is 0 Å². The first-order chi connectivity index (χ1) is 19.8. The molecule has 3 heterocycles. The topological polar surface area (TPSA) is 17.8 Å². The first-order valence-corrected chi connectivity index (χ1v) is 14.4. The molecular weight excluding hydrogens is 504 g/mol. The van der Waals surface area contributed by atoms with Crippen LogP contribution in [0.1, 0.15) is 0 Å². The quantitative estimate of drug-likeness (QED) is 0.219. The van der Waals surface area contributed by atoms with Crippen LogP contribution in [0.5, 0.6) is 0 Å². The van der Waals surface area contributed by atoms with Crippen LogP contribution in [0.2, 0.25) is 0 Å². The highest BCUT2D eigenvalue weighted by Gasteiger charge is 2.21. The largest absolute Gasteiger partial charge is 0.308 e. The average Bonchev–Trinajstić information content (AvgIpc) is 3.58. The molecule has 0 bridgehead atoms. The van der Waals surface area contributed by atoms with Crippen molar-refractivity contribution in [2.24, 2.45) is 0 Å². The lowest BCUT2D eigenvalue weighted by atomic mass is 9.99. The van der Waals surface area contributed by atoms with Gasteiger partial charge in [-0.15, -0.1) is 11.3 Å². The molecule has 0 radical (unpaired) electrons. The van der Waals surface area contributed by atoms with Gasteiger partial charge in [0.25, 0.3) is 0 Å². The van der Waals surface area contributed by atoms with Gasteiger partial charge in [-0.1, -0.05) is 97.1 Å². The van der Waals surface area contributed by atoms with Crippen molar-refractivity contribution in [2.45, 2.75) is 0 Å². The summed E-state index contributed by atoms with van der Waals surface area (Å²) in [4.78, 5) is 4.76. The number of thiophene rings is 1. The minimum Gasteiger partial charge on any atom is -0.308 e. The molecule has 6 aromatic carbocycles. The minimum absolute atomic E-state index is 0.991. The Morgan fingerprint density at radius 2 is 1.20 bits per heavy atom. The molecule has 186 valence electrons. The van der Waals surface area contributed by atoms with E-state index in [1.54, 1.807) is 0 Å². The molecule has 0 saturated carbocycles. The number of para-hydroxylation sites is 1. The Labute approximate surface area is 234 Å². The molecule has 0 fully saturated rings. The van der Waals surface area contributed by atoms with Gasteiger partial charge in [-0.05, 0) is 46.5 Å². The zero-order valence-electron chi connectivity index (χ0n) is 21.5. The van der Waals surface area contributed by atoms with Crippen LogP contribution < -0.4 is 0 Å². The van der Waals surface area contributed by atoms with Crippen LogP contribution in [-0.4, -0.2) is 9.55 Å². The highest BCUT2D eigenvalue weighted by atomic mass is 32.1. The summed E-state index contributed by atoms with van der Waals surface area (Å²) in [7, 11) is 0. The van der Waals surface area contributed by atoms with Crippen molar-refractivity contribution in [2.75, 3.05) is 0 Å².